The fraction of sp³-hybridized carbons (Fsp3) is 0.556. The molecule has 6 aromatic rings. The number of hydrogen-bond acceptors (Lipinski definition) is 13. The first-order valence-electron chi connectivity index (χ1n) is 26.4. The van der Waals surface area contributed by atoms with Crippen molar-refractivity contribution in [2.24, 2.45) is 11.8 Å². The highest BCUT2D eigenvalue weighted by atomic mass is 16.2. The smallest absolute Gasteiger partial charge is 0.223 e. The van der Waals surface area contributed by atoms with Crippen LogP contribution in [-0.4, -0.2) is 158 Å². The van der Waals surface area contributed by atoms with Gasteiger partial charge >= 0.3 is 0 Å². The van der Waals surface area contributed by atoms with Gasteiger partial charge in [-0.25, -0.2) is 9.36 Å². The molecule has 2 amide bonds. The number of aryl methyl sites for hydroxylation is 4. The standard InChI is InChI=1S/C54H75N15O2/c1-7-9-26-63(8-2)32-25-56-54(71)44-22-30-67(31-23-44)52-50-48(39(4)58-60-52)41(6)69(62-50)46-18-16-42(17-19-46)37-65-35-33-64(34-36-65)27-13-24-55-53(70)43-20-28-66(29-21-43)51-49-47(38(3)57-59-51)40(5)68(61-49)45-14-11-10-12-15-45/h10-12,14-19,43-44H,7-9,13,20-37H2,1-6H3,(H,55,70)(H,56,71). The Bertz CT molecular complexity index is 2730. The van der Waals surface area contributed by atoms with Crippen LogP contribution in [0.3, 0.4) is 0 Å². The van der Waals surface area contributed by atoms with Crippen molar-refractivity contribution in [2.45, 2.75) is 93.0 Å². The van der Waals surface area contributed by atoms with Crippen LogP contribution in [0.15, 0.2) is 54.6 Å². The number of aromatic nitrogens is 8. The molecule has 0 spiro atoms. The zero-order chi connectivity index (χ0) is 49.4. The first-order valence-corrected chi connectivity index (χ1v) is 26.4. The third kappa shape index (κ3) is 11.4. The van der Waals surface area contributed by atoms with E-state index in [2.05, 4.69) is 120 Å². The molecule has 17 nitrogen and oxygen atoms in total. The number of amides is 2. The highest BCUT2D eigenvalue weighted by Crippen LogP contribution is 2.33. The van der Waals surface area contributed by atoms with Crippen LogP contribution in [0.25, 0.3) is 33.2 Å². The number of fused-ring (bicyclic) bond motifs is 2. The number of benzene rings is 2. The van der Waals surface area contributed by atoms with Crippen molar-refractivity contribution in [2.75, 3.05) is 101 Å². The molecule has 0 unspecified atom stereocenters. The van der Waals surface area contributed by atoms with Crippen molar-refractivity contribution in [3.63, 3.8) is 0 Å². The van der Waals surface area contributed by atoms with Crippen LogP contribution in [0.5, 0.6) is 0 Å². The molecule has 2 N–H and O–H groups in total. The summed E-state index contributed by atoms with van der Waals surface area (Å²) in [4.78, 5) is 38.4. The van der Waals surface area contributed by atoms with Gasteiger partial charge in [0.2, 0.25) is 11.8 Å². The Morgan fingerprint density at radius 3 is 1.62 bits per heavy atom. The van der Waals surface area contributed by atoms with Crippen LogP contribution in [0.2, 0.25) is 0 Å². The zero-order valence-electron chi connectivity index (χ0n) is 43.0. The van der Waals surface area contributed by atoms with E-state index >= 15 is 0 Å². The van der Waals surface area contributed by atoms with E-state index in [4.69, 9.17) is 10.2 Å². The average molecular weight is 966 g/mol. The molecule has 0 radical (unpaired) electrons. The molecule has 378 valence electrons. The Labute approximate surface area is 419 Å². The number of hydrogen-bond donors (Lipinski definition) is 2. The number of para-hydroxylation sites is 1. The van der Waals surface area contributed by atoms with Crippen molar-refractivity contribution >= 4 is 45.3 Å². The van der Waals surface area contributed by atoms with Gasteiger partial charge in [0.15, 0.2) is 11.6 Å². The maximum atomic E-state index is 13.3. The summed E-state index contributed by atoms with van der Waals surface area (Å²) >= 11 is 0. The molecule has 2 aromatic carbocycles. The topological polar surface area (TPSA) is 162 Å². The van der Waals surface area contributed by atoms with Gasteiger partial charge in [-0.1, -0.05) is 50.6 Å². The SMILES string of the molecule is CCCCN(CC)CCNC(=O)C1CCN(c2nnc(C)c3c(C)n(-c4ccc(CN5CCN(CCCNC(=O)C6CCN(c7nnc(C)c8c(C)n(-c9ccccc9)nc78)CC6)CC5)cc4)nc23)CC1. The van der Waals surface area contributed by atoms with Crippen molar-refractivity contribution < 1.29 is 9.59 Å². The number of piperazine rings is 1. The third-order valence-electron chi connectivity index (χ3n) is 15.3. The van der Waals surface area contributed by atoms with Gasteiger partial charge in [-0.15, -0.1) is 10.2 Å². The predicted molar refractivity (Wildman–Crippen MR) is 282 cm³/mol. The van der Waals surface area contributed by atoms with Crippen LogP contribution >= 0.6 is 0 Å². The molecule has 17 heteroatoms. The number of likely N-dealkylation sites (N-methyl/N-ethyl adjacent to an activating group) is 1. The molecule has 3 aliphatic rings. The Hall–Kier alpha value is -6.04. The minimum Gasteiger partial charge on any atom is -0.356 e. The highest BCUT2D eigenvalue weighted by Gasteiger charge is 2.30. The molecular formula is C54H75N15O2. The van der Waals surface area contributed by atoms with Crippen LogP contribution in [-0.2, 0) is 16.1 Å². The minimum absolute atomic E-state index is 0.000163. The first kappa shape index (κ1) is 49.9. The summed E-state index contributed by atoms with van der Waals surface area (Å²) in [6, 6.07) is 19.0. The molecule has 7 heterocycles. The van der Waals surface area contributed by atoms with Crippen LogP contribution in [0, 0.1) is 39.5 Å². The van der Waals surface area contributed by atoms with Crippen molar-refractivity contribution in [3.05, 3.63) is 82.9 Å². The van der Waals surface area contributed by atoms with Crippen LogP contribution in [0.1, 0.15) is 87.1 Å². The Kier molecular flexibility index (Phi) is 16.2. The normalized spacial score (nSPS) is 16.7. The van der Waals surface area contributed by atoms with Gasteiger partial charge < -0.3 is 30.2 Å². The maximum Gasteiger partial charge on any atom is 0.223 e. The maximum absolute atomic E-state index is 13.3. The fourth-order valence-corrected chi connectivity index (χ4v) is 10.9. The summed E-state index contributed by atoms with van der Waals surface area (Å²) < 4.78 is 4.01. The molecule has 0 bridgehead atoms. The third-order valence-corrected chi connectivity index (χ3v) is 15.3. The number of carbonyl (C=O) groups excluding carboxylic acids is 2. The molecular weight excluding hydrogens is 891 g/mol. The molecule has 3 aliphatic heterocycles. The number of rotatable bonds is 19. The number of nitrogens with one attached hydrogen (secondary N) is 2. The summed E-state index contributed by atoms with van der Waals surface area (Å²) in [7, 11) is 0. The lowest BCUT2D eigenvalue weighted by atomic mass is 9.95. The summed E-state index contributed by atoms with van der Waals surface area (Å²) in [6.45, 7) is 25.9. The lowest BCUT2D eigenvalue weighted by molar-refractivity contribution is -0.126. The minimum atomic E-state index is -0.000163. The van der Waals surface area contributed by atoms with Gasteiger partial charge in [0.25, 0.3) is 0 Å². The predicted octanol–water partition coefficient (Wildman–Crippen LogP) is 6.17. The monoisotopic (exact) mass is 966 g/mol. The molecule has 3 saturated heterocycles. The number of nitrogens with zero attached hydrogens (tertiary/aromatic N) is 13. The second-order valence-electron chi connectivity index (χ2n) is 20.0. The Morgan fingerprint density at radius 1 is 0.592 bits per heavy atom. The number of piperidine rings is 2. The Balaban J connectivity index is 0.697. The van der Waals surface area contributed by atoms with Gasteiger partial charge in [-0.3, -0.25) is 14.5 Å². The molecule has 0 saturated carbocycles. The van der Waals surface area contributed by atoms with E-state index in [1.54, 1.807) is 0 Å². The van der Waals surface area contributed by atoms with E-state index < -0.39 is 0 Å². The molecule has 3 fully saturated rings. The van der Waals surface area contributed by atoms with E-state index in [9.17, 15) is 9.59 Å². The first-order chi connectivity index (χ1) is 34.6. The van der Waals surface area contributed by atoms with Crippen molar-refractivity contribution in [1.82, 2.24) is 65.3 Å². The van der Waals surface area contributed by atoms with Gasteiger partial charge in [-0.05, 0) is 116 Å². The fourth-order valence-electron chi connectivity index (χ4n) is 10.9. The van der Waals surface area contributed by atoms with Crippen molar-refractivity contribution in [1.29, 1.82) is 0 Å². The molecule has 0 atom stereocenters. The molecule has 9 rings (SSSR count). The van der Waals surface area contributed by atoms with Gasteiger partial charge in [0.1, 0.15) is 11.0 Å². The average Bonchev–Trinajstić information content (AvgIpc) is 3.95. The van der Waals surface area contributed by atoms with Crippen LogP contribution < -0.4 is 20.4 Å². The number of unbranched alkanes of at least 4 members (excludes halogenated alkanes) is 1. The molecule has 0 aliphatic carbocycles. The number of carbonyl (C=O) groups is 2. The van der Waals surface area contributed by atoms with Crippen LogP contribution in [0.4, 0.5) is 11.6 Å². The van der Waals surface area contributed by atoms with E-state index in [1.807, 2.05) is 41.4 Å². The molecule has 71 heavy (non-hydrogen) atoms. The summed E-state index contributed by atoms with van der Waals surface area (Å²) in [5.41, 5.74) is 8.89. The second-order valence-corrected chi connectivity index (χ2v) is 20.0. The van der Waals surface area contributed by atoms with E-state index in [1.165, 1.54) is 18.4 Å². The highest BCUT2D eigenvalue weighted by molar-refractivity contribution is 5.93. The quantitative estimate of drug-likeness (QED) is 0.0888. The second kappa shape index (κ2) is 23.0. The van der Waals surface area contributed by atoms with Gasteiger partial charge in [0, 0.05) is 90.4 Å². The zero-order valence-corrected chi connectivity index (χ0v) is 43.0. The number of anilines is 2. The van der Waals surface area contributed by atoms with E-state index in [-0.39, 0.29) is 23.7 Å². The Morgan fingerprint density at radius 2 is 1.10 bits per heavy atom. The van der Waals surface area contributed by atoms with Gasteiger partial charge in [-0.2, -0.15) is 20.4 Å². The van der Waals surface area contributed by atoms with E-state index in [0.29, 0.717) is 13.1 Å². The summed E-state index contributed by atoms with van der Waals surface area (Å²) in [5.74, 6) is 1.94. The largest absolute Gasteiger partial charge is 0.356 e. The lowest BCUT2D eigenvalue weighted by Gasteiger charge is -2.35. The molecule has 4 aromatic heterocycles. The summed E-state index contributed by atoms with van der Waals surface area (Å²) in [5, 5.41) is 37.1. The van der Waals surface area contributed by atoms with E-state index in [0.717, 1.165) is 185 Å². The van der Waals surface area contributed by atoms with Crippen molar-refractivity contribution in [3.8, 4) is 11.4 Å². The lowest BCUT2D eigenvalue weighted by Crippen LogP contribution is -2.46. The van der Waals surface area contributed by atoms with Gasteiger partial charge in [0.05, 0.1) is 44.9 Å². The summed E-state index contributed by atoms with van der Waals surface area (Å²) in [6.07, 6.45) is 6.45.